The number of rotatable bonds is 3. The largest absolute Gasteiger partial charge is 0.373 e. The van der Waals surface area contributed by atoms with E-state index in [4.69, 9.17) is 4.74 Å². The van der Waals surface area contributed by atoms with Gasteiger partial charge in [0, 0.05) is 5.92 Å². The molecule has 1 aromatic rings. The van der Waals surface area contributed by atoms with Crippen molar-refractivity contribution in [3.63, 3.8) is 0 Å². The van der Waals surface area contributed by atoms with Crippen LogP contribution in [0.1, 0.15) is 51.5 Å². The van der Waals surface area contributed by atoms with E-state index in [1.54, 1.807) is 0 Å². The highest BCUT2D eigenvalue weighted by Crippen LogP contribution is 2.71. The van der Waals surface area contributed by atoms with E-state index in [0.29, 0.717) is 29.0 Å². The van der Waals surface area contributed by atoms with Gasteiger partial charge in [-0.3, -0.25) is 0 Å². The lowest BCUT2D eigenvalue weighted by molar-refractivity contribution is -0.0581. The summed E-state index contributed by atoms with van der Waals surface area (Å²) in [4.78, 5) is 0. The Balaban J connectivity index is 1.61. The Bertz CT molecular complexity index is 575. The van der Waals surface area contributed by atoms with Crippen molar-refractivity contribution in [3.8, 4) is 0 Å². The average molecular weight is 296 g/mol. The van der Waals surface area contributed by atoms with E-state index in [1.165, 1.54) is 24.8 Å². The molecular weight excluding hydrogens is 268 g/mol. The van der Waals surface area contributed by atoms with Crippen LogP contribution in [0.2, 0.25) is 0 Å². The molecule has 0 amide bonds. The Morgan fingerprint density at radius 2 is 1.95 bits per heavy atom. The van der Waals surface area contributed by atoms with Gasteiger partial charge in [-0.05, 0) is 47.5 Å². The summed E-state index contributed by atoms with van der Waals surface area (Å²) < 4.78 is 6.69. The molecule has 1 aliphatic heterocycles. The van der Waals surface area contributed by atoms with Crippen LogP contribution in [0.3, 0.4) is 0 Å². The number of benzene rings is 1. The third-order valence-corrected chi connectivity index (χ3v) is 7.57. The van der Waals surface area contributed by atoms with Crippen molar-refractivity contribution in [1.29, 1.82) is 0 Å². The molecule has 22 heavy (non-hydrogen) atoms. The summed E-state index contributed by atoms with van der Waals surface area (Å²) in [5.41, 5.74) is 2.14. The number of fused-ring (bicyclic) bond motifs is 5. The third kappa shape index (κ3) is 1.69. The van der Waals surface area contributed by atoms with E-state index >= 15 is 0 Å². The maximum atomic E-state index is 6.69. The summed E-state index contributed by atoms with van der Waals surface area (Å²) in [5.74, 6) is 1.93. The molecule has 0 spiro atoms. The highest BCUT2D eigenvalue weighted by molar-refractivity contribution is 5.27. The second kappa shape index (κ2) is 4.71. The first-order chi connectivity index (χ1) is 10.5. The van der Waals surface area contributed by atoms with Crippen molar-refractivity contribution < 1.29 is 4.74 Å². The summed E-state index contributed by atoms with van der Waals surface area (Å²) >= 11 is 0. The van der Waals surface area contributed by atoms with Crippen molar-refractivity contribution >= 4 is 0 Å². The standard InChI is InChI=1S/C21H28O/c1-5-15(14-9-7-6-8-10-14)18-13-16-17-11-12-21(4,19(16)22-18)20(17,2)3/h5-10,15-19H,1,11-13H2,2-4H3/t15-,16-,17-,18-,19-,21+/m1/s1. The molecule has 0 aromatic heterocycles. The predicted octanol–water partition coefficient (Wildman–Crippen LogP) is 5.19. The normalized spacial score (nSPS) is 43.0. The second-order valence-corrected chi connectivity index (χ2v) is 8.45. The Morgan fingerprint density at radius 1 is 1.23 bits per heavy atom. The summed E-state index contributed by atoms with van der Waals surface area (Å²) in [6, 6.07) is 10.7. The lowest BCUT2D eigenvalue weighted by atomic mass is 9.70. The quantitative estimate of drug-likeness (QED) is 0.698. The van der Waals surface area contributed by atoms with Crippen LogP contribution in [-0.2, 0) is 4.74 Å². The molecule has 1 heteroatoms. The molecule has 4 rings (SSSR count). The fraction of sp³-hybridized carbons (Fsp3) is 0.619. The zero-order valence-electron chi connectivity index (χ0n) is 14.1. The molecule has 2 saturated carbocycles. The number of hydrogen-bond acceptors (Lipinski definition) is 1. The highest BCUT2D eigenvalue weighted by Gasteiger charge is 2.69. The molecule has 0 N–H and O–H groups in total. The van der Waals surface area contributed by atoms with Gasteiger partial charge in [-0.2, -0.15) is 0 Å². The van der Waals surface area contributed by atoms with Crippen LogP contribution in [0.25, 0.3) is 0 Å². The molecule has 1 heterocycles. The molecule has 1 nitrogen and oxygen atoms in total. The fourth-order valence-corrected chi connectivity index (χ4v) is 5.96. The summed E-state index contributed by atoms with van der Waals surface area (Å²) in [5, 5.41) is 0. The van der Waals surface area contributed by atoms with E-state index in [1.807, 2.05) is 0 Å². The maximum Gasteiger partial charge on any atom is 0.0686 e. The van der Waals surface area contributed by atoms with Crippen LogP contribution in [0, 0.1) is 22.7 Å². The van der Waals surface area contributed by atoms with Crippen molar-refractivity contribution in [1.82, 2.24) is 0 Å². The topological polar surface area (TPSA) is 9.23 Å². The number of hydrogen-bond donors (Lipinski definition) is 0. The molecule has 1 saturated heterocycles. The van der Waals surface area contributed by atoms with Crippen LogP contribution in [0.15, 0.2) is 43.0 Å². The van der Waals surface area contributed by atoms with Crippen LogP contribution in [0.4, 0.5) is 0 Å². The Morgan fingerprint density at radius 3 is 2.59 bits per heavy atom. The van der Waals surface area contributed by atoms with Gasteiger partial charge in [0.25, 0.3) is 0 Å². The first-order valence-electron chi connectivity index (χ1n) is 8.82. The zero-order valence-corrected chi connectivity index (χ0v) is 14.1. The first kappa shape index (κ1) is 14.5. The van der Waals surface area contributed by atoms with Crippen LogP contribution in [0.5, 0.6) is 0 Å². The van der Waals surface area contributed by atoms with Gasteiger partial charge in [0.05, 0.1) is 12.2 Å². The Labute approximate surface area is 134 Å². The smallest absolute Gasteiger partial charge is 0.0686 e. The maximum absolute atomic E-state index is 6.69. The summed E-state index contributed by atoms with van der Waals surface area (Å²) in [6.07, 6.45) is 6.80. The number of ether oxygens (including phenoxy) is 1. The van der Waals surface area contributed by atoms with Gasteiger partial charge in [-0.15, -0.1) is 6.58 Å². The molecule has 2 aliphatic carbocycles. The lowest BCUT2D eigenvalue weighted by Crippen LogP contribution is -2.38. The van der Waals surface area contributed by atoms with Gasteiger partial charge < -0.3 is 4.74 Å². The third-order valence-electron chi connectivity index (χ3n) is 7.57. The van der Waals surface area contributed by atoms with Crippen LogP contribution >= 0.6 is 0 Å². The first-order valence-corrected chi connectivity index (χ1v) is 8.82. The zero-order chi connectivity index (χ0) is 15.5. The molecule has 6 atom stereocenters. The highest BCUT2D eigenvalue weighted by atomic mass is 16.5. The molecule has 3 aliphatic rings. The SMILES string of the molecule is C=C[C@H](c1ccccc1)[C@H]1C[C@@H]2[C@H]3CC[C@@](C)([C@@H]2O1)C3(C)C. The van der Waals surface area contributed by atoms with Crippen molar-refractivity contribution in [2.24, 2.45) is 22.7 Å². The monoisotopic (exact) mass is 296 g/mol. The van der Waals surface area contributed by atoms with Gasteiger partial charge in [0.2, 0.25) is 0 Å². The molecule has 0 radical (unpaired) electrons. The van der Waals surface area contributed by atoms with Crippen LogP contribution < -0.4 is 0 Å². The molecule has 2 bridgehead atoms. The molecular formula is C21H28O. The van der Waals surface area contributed by atoms with E-state index < -0.39 is 0 Å². The van der Waals surface area contributed by atoms with Crippen molar-refractivity contribution in [2.45, 2.75) is 58.2 Å². The van der Waals surface area contributed by atoms with Gasteiger partial charge in [0.15, 0.2) is 0 Å². The molecule has 1 aromatic carbocycles. The minimum atomic E-state index is 0.311. The van der Waals surface area contributed by atoms with Gasteiger partial charge in [0.1, 0.15) is 0 Å². The van der Waals surface area contributed by atoms with E-state index in [-0.39, 0.29) is 0 Å². The van der Waals surface area contributed by atoms with Gasteiger partial charge in [-0.25, -0.2) is 0 Å². The van der Waals surface area contributed by atoms with Gasteiger partial charge in [-0.1, -0.05) is 57.2 Å². The van der Waals surface area contributed by atoms with E-state index in [2.05, 4.69) is 63.8 Å². The molecule has 3 fully saturated rings. The molecule has 0 unspecified atom stereocenters. The van der Waals surface area contributed by atoms with Gasteiger partial charge >= 0.3 is 0 Å². The average Bonchev–Trinajstić information content (AvgIpc) is 3.07. The predicted molar refractivity (Wildman–Crippen MR) is 90.8 cm³/mol. The van der Waals surface area contributed by atoms with E-state index in [9.17, 15) is 0 Å². The minimum absolute atomic E-state index is 0.311. The minimum Gasteiger partial charge on any atom is -0.373 e. The molecule has 118 valence electrons. The van der Waals surface area contributed by atoms with Crippen molar-refractivity contribution in [2.75, 3.05) is 0 Å². The lowest BCUT2D eigenvalue weighted by Gasteiger charge is -2.39. The second-order valence-electron chi connectivity index (χ2n) is 8.45. The fourth-order valence-electron chi connectivity index (χ4n) is 5.96. The van der Waals surface area contributed by atoms with Crippen molar-refractivity contribution in [3.05, 3.63) is 48.6 Å². The van der Waals surface area contributed by atoms with Crippen LogP contribution in [-0.4, -0.2) is 12.2 Å². The summed E-state index contributed by atoms with van der Waals surface area (Å²) in [6.45, 7) is 11.5. The summed E-state index contributed by atoms with van der Waals surface area (Å²) in [7, 11) is 0. The Hall–Kier alpha value is -1.08. The van der Waals surface area contributed by atoms with E-state index in [0.717, 1.165) is 11.8 Å². The Kier molecular flexibility index (Phi) is 3.10.